The van der Waals surface area contributed by atoms with Gasteiger partial charge in [0.05, 0.1) is 23.0 Å². The Bertz CT molecular complexity index is 886. The van der Waals surface area contributed by atoms with Crippen molar-refractivity contribution in [3.8, 4) is 10.8 Å². The lowest BCUT2D eigenvalue weighted by molar-refractivity contribution is -0.121. The molecule has 3 aromatic rings. The van der Waals surface area contributed by atoms with E-state index in [1.807, 2.05) is 35.7 Å². The normalized spacial score (nSPS) is 16.4. The first-order valence-electron chi connectivity index (χ1n) is 8.35. The van der Waals surface area contributed by atoms with Crippen molar-refractivity contribution in [3.63, 3.8) is 0 Å². The molecule has 1 atom stereocenters. The zero-order valence-corrected chi connectivity index (χ0v) is 14.5. The average molecular weight is 353 g/mol. The molecule has 1 unspecified atom stereocenters. The number of carbonyl (C=O) groups excluding carboxylic acids is 1. The van der Waals surface area contributed by atoms with Crippen molar-refractivity contribution in [1.82, 2.24) is 10.3 Å². The Hall–Kier alpha value is -2.60. The number of nitrogens with two attached hydrogens (primary N) is 1. The van der Waals surface area contributed by atoms with Crippen LogP contribution in [0.1, 0.15) is 35.7 Å². The molecule has 1 aliphatic carbocycles. The summed E-state index contributed by atoms with van der Waals surface area (Å²) in [6, 6.07) is 9.88. The Morgan fingerprint density at radius 2 is 2.32 bits per heavy atom. The maximum Gasteiger partial charge on any atom is 0.236 e. The third-order valence-corrected chi connectivity index (χ3v) is 5.30. The topological polar surface area (TPSA) is 81.1 Å². The summed E-state index contributed by atoms with van der Waals surface area (Å²) in [6.45, 7) is 0. The number of thiophene rings is 1. The summed E-state index contributed by atoms with van der Waals surface area (Å²) in [7, 11) is 0. The largest absolute Gasteiger partial charge is 0.444 e. The second kappa shape index (κ2) is 6.72. The highest BCUT2D eigenvalue weighted by Gasteiger charge is 2.22. The highest BCUT2D eigenvalue weighted by Crippen LogP contribution is 2.31. The van der Waals surface area contributed by atoms with Crippen LogP contribution in [0.15, 0.2) is 46.4 Å². The van der Waals surface area contributed by atoms with E-state index in [0.29, 0.717) is 11.6 Å². The third kappa shape index (κ3) is 3.44. The Labute approximate surface area is 149 Å². The SMILES string of the molecule is Nc1ccc2c(c1)CCCC2NC(=O)Cc1coc(-c2cccs2)n1. The van der Waals surface area contributed by atoms with Crippen molar-refractivity contribution in [2.75, 3.05) is 5.73 Å². The van der Waals surface area contributed by atoms with Crippen molar-refractivity contribution < 1.29 is 9.21 Å². The third-order valence-electron chi connectivity index (χ3n) is 4.44. The van der Waals surface area contributed by atoms with Gasteiger partial charge in [-0.15, -0.1) is 11.3 Å². The van der Waals surface area contributed by atoms with Gasteiger partial charge < -0.3 is 15.5 Å². The number of fused-ring (bicyclic) bond motifs is 1. The zero-order chi connectivity index (χ0) is 17.2. The summed E-state index contributed by atoms with van der Waals surface area (Å²) in [5.74, 6) is 0.525. The number of nitrogens with one attached hydrogen (secondary N) is 1. The number of hydrogen-bond acceptors (Lipinski definition) is 5. The van der Waals surface area contributed by atoms with E-state index in [1.54, 1.807) is 17.6 Å². The Balaban J connectivity index is 1.43. The van der Waals surface area contributed by atoms with Gasteiger partial charge in [0.15, 0.2) is 0 Å². The van der Waals surface area contributed by atoms with Crippen LogP contribution in [0, 0.1) is 0 Å². The molecule has 1 aromatic carbocycles. The minimum absolute atomic E-state index is 0.0410. The van der Waals surface area contributed by atoms with Crippen LogP contribution in [0.3, 0.4) is 0 Å². The first-order chi connectivity index (χ1) is 12.2. The number of amides is 1. The molecule has 2 aromatic heterocycles. The summed E-state index contributed by atoms with van der Waals surface area (Å²) < 4.78 is 5.47. The van der Waals surface area contributed by atoms with E-state index >= 15 is 0 Å². The van der Waals surface area contributed by atoms with Crippen LogP contribution in [-0.4, -0.2) is 10.9 Å². The zero-order valence-electron chi connectivity index (χ0n) is 13.7. The molecule has 0 saturated carbocycles. The first kappa shape index (κ1) is 15.9. The lowest BCUT2D eigenvalue weighted by atomic mass is 9.87. The van der Waals surface area contributed by atoms with E-state index in [0.717, 1.165) is 29.8 Å². The van der Waals surface area contributed by atoms with Gasteiger partial charge in [-0.2, -0.15) is 0 Å². The van der Waals surface area contributed by atoms with E-state index in [1.165, 1.54) is 11.1 Å². The molecular weight excluding hydrogens is 334 g/mol. The van der Waals surface area contributed by atoms with Gasteiger partial charge in [-0.05, 0) is 54.0 Å². The molecule has 1 amide bonds. The number of aryl methyl sites for hydroxylation is 1. The first-order valence-corrected chi connectivity index (χ1v) is 9.23. The summed E-state index contributed by atoms with van der Waals surface area (Å²) in [5.41, 5.74) is 9.70. The van der Waals surface area contributed by atoms with Crippen molar-refractivity contribution in [3.05, 3.63) is 58.8 Å². The predicted octanol–water partition coefficient (Wildman–Crippen LogP) is 3.72. The molecule has 2 heterocycles. The summed E-state index contributed by atoms with van der Waals surface area (Å²) >= 11 is 1.56. The fourth-order valence-electron chi connectivity index (χ4n) is 3.30. The fourth-order valence-corrected chi connectivity index (χ4v) is 3.95. The van der Waals surface area contributed by atoms with Gasteiger partial charge in [-0.1, -0.05) is 12.1 Å². The average Bonchev–Trinajstić information content (AvgIpc) is 3.26. The van der Waals surface area contributed by atoms with Crippen LogP contribution in [0.4, 0.5) is 5.69 Å². The molecule has 0 spiro atoms. The van der Waals surface area contributed by atoms with Crippen LogP contribution in [0.2, 0.25) is 0 Å². The standard InChI is InChI=1S/C19H19N3O2S/c20-13-6-7-15-12(9-13)3-1-4-16(15)22-18(23)10-14-11-24-19(21-14)17-5-2-8-25-17/h2,5-9,11,16H,1,3-4,10,20H2,(H,22,23). The van der Waals surface area contributed by atoms with E-state index in [2.05, 4.69) is 10.3 Å². The second-order valence-electron chi connectivity index (χ2n) is 6.27. The second-order valence-corrected chi connectivity index (χ2v) is 7.22. The monoisotopic (exact) mass is 353 g/mol. The van der Waals surface area contributed by atoms with Crippen LogP contribution in [0.5, 0.6) is 0 Å². The predicted molar refractivity (Wildman–Crippen MR) is 98.2 cm³/mol. The Morgan fingerprint density at radius 3 is 3.16 bits per heavy atom. The smallest absolute Gasteiger partial charge is 0.236 e. The highest BCUT2D eigenvalue weighted by molar-refractivity contribution is 7.13. The molecule has 0 saturated heterocycles. The van der Waals surface area contributed by atoms with Gasteiger partial charge in [-0.25, -0.2) is 4.98 Å². The minimum Gasteiger partial charge on any atom is -0.444 e. The fraction of sp³-hybridized carbons (Fsp3) is 0.263. The number of carbonyl (C=O) groups is 1. The minimum atomic E-state index is -0.0410. The number of nitrogens with zero attached hydrogens (tertiary/aromatic N) is 1. The van der Waals surface area contributed by atoms with E-state index in [9.17, 15) is 4.79 Å². The number of hydrogen-bond donors (Lipinski definition) is 2. The lowest BCUT2D eigenvalue weighted by Gasteiger charge is -2.26. The molecule has 0 radical (unpaired) electrons. The molecule has 0 aliphatic heterocycles. The number of oxazole rings is 1. The summed E-state index contributed by atoms with van der Waals surface area (Å²) in [6.07, 6.45) is 4.79. The van der Waals surface area contributed by atoms with Crippen LogP contribution in [-0.2, 0) is 17.6 Å². The Morgan fingerprint density at radius 1 is 1.40 bits per heavy atom. The molecule has 1 aliphatic rings. The number of rotatable bonds is 4. The van der Waals surface area contributed by atoms with Gasteiger partial charge in [0.2, 0.25) is 11.8 Å². The molecular formula is C19H19N3O2S. The van der Waals surface area contributed by atoms with Crippen LogP contribution >= 0.6 is 11.3 Å². The van der Waals surface area contributed by atoms with Crippen molar-refractivity contribution >= 4 is 22.9 Å². The molecule has 3 N–H and O–H groups in total. The molecule has 128 valence electrons. The van der Waals surface area contributed by atoms with Gasteiger partial charge in [0.1, 0.15) is 6.26 Å². The molecule has 6 heteroatoms. The molecule has 0 fully saturated rings. The maximum absolute atomic E-state index is 12.4. The lowest BCUT2D eigenvalue weighted by Crippen LogP contribution is -2.32. The molecule has 5 nitrogen and oxygen atoms in total. The van der Waals surface area contributed by atoms with Gasteiger partial charge in [-0.3, -0.25) is 4.79 Å². The van der Waals surface area contributed by atoms with Crippen molar-refractivity contribution in [2.45, 2.75) is 31.7 Å². The summed E-state index contributed by atoms with van der Waals surface area (Å²) in [4.78, 5) is 17.8. The van der Waals surface area contributed by atoms with Crippen LogP contribution < -0.4 is 11.1 Å². The van der Waals surface area contributed by atoms with Gasteiger partial charge >= 0.3 is 0 Å². The number of nitrogen functional groups attached to an aromatic ring is 1. The Kier molecular flexibility index (Phi) is 4.28. The van der Waals surface area contributed by atoms with Crippen LogP contribution in [0.25, 0.3) is 10.8 Å². The maximum atomic E-state index is 12.4. The highest BCUT2D eigenvalue weighted by atomic mass is 32.1. The number of benzene rings is 1. The van der Waals surface area contributed by atoms with Crippen molar-refractivity contribution in [1.29, 1.82) is 0 Å². The quantitative estimate of drug-likeness (QED) is 0.701. The van der Waals surface area contributed by atoms with Gasteiger partial charge in [0, 0.05) is 5.69 Å². The molecule has 4 rings (SSSR count). The van der Waals surface area contributed by atoms with E-state index in [4.69, 9.17) is 10.2 Å². The van der Waals surface area contributed by atoms with Gasteiger partial charge in [0.25, 0.3) is 0 Å². The number of aromatic nitrogens is 1. The van der Waals surface area contributed by atoms with E-state index < -0.39 is 0 Å². The van der Waals surface area contributed by atoms with Crippen molar-refractivity contribution in [2.24, 2.45) is 0 Å². The number of anilines is 1. The molecule has 0 bridgehead atoms. The molecule has 25 heavy (non-hydrogen) atoms. The van der Waals surface area contributed by atoms with E-state index in [-0.39, 0.29) is 18.4 Å². The summed E-state index contributed by atoms with van der Waals surface area (Å²) in [5, 5.41) is 5.10.